The smallest absolute Gasteiger partial charge is 0.306 e. The quantitative estimate of drug-likeness (QED) is 0.0200. The van der Waals surface area contributed by atoms with Crippen molar-refractivity contribution < 1.29 is 28.6 Å². The summed E-state index contributed by atoms with van der Waals surface area (Å²) in [4.78, 5) is 37.9. The topological polar surface area (TPSA) is 78.9 Å². The van der Waals surface area contributed by atoms with Crippen molar-refractivity contribution in [2.24, 2.45) is 0 Å². The van der Waals surface area contributed by atoms with Crippen molar-refractivity contribution in [1.29, 1.82) is 0 Å². The van der Waals surface area contributed by atoms with Crippen molar-refractivity contribution in [1.82, 2.24) is 0 Å². The van der Waals surface area contributed by atoms with E-state index in [0.29, 0.717) is 19.3 Å². The van der Waals surface area contributed by atoms with Crippen LogP contribution in [0.15, 0.2) is 97.2 Å². The lowest BCUT2D eigenvalue weighted by Gasteiger charge is -2.18. The van der Waals surface area contributed by atoms with E-state index in [9.17, 15) is 14.4 Å². The number of unbranched alkanes of at least 4 members (excludes halogenated alkanes) is 22. The normalized spacial score (nSPS) is 12.9. The molecule has 0 aromatic carbocycles. The lowest BCUT2D eigenvalue weighted by molar-refractivity contribution is -0.167. The van der Waals surface area contributed by atoms with Crippen molar-refractivity contribution in [3.63, 3.8) is 0 Å². The maximum Gasteiger partial charge on any atom is 0.306 e. The third-order valence-corrected chi connectivity index (χ3v) is 10.4. The van der Waals surface area contributed by atoms with Gasteiger partial charge >= 0.3 is 17.9 Å². The van der Waals surface area contributed by atoms with Gasteiger partial charge in [-0.1, -0.05) is 214 Å². The van der Waals surface area contributed by atoms with Gasteiger partial charge in [0.15, 0.2) is 6.10 Å². The van der Waals surface area contributed by atoms with Crippen LogP contribution in [0.2, 0.25) is 0 Å². The molecule has 0 heterocycles. The van der Waals surface area contributed by atoms with E-state index in [1.807, 2.05) is 54.7 Å². The van der Waals surface area contributed by atoms with Crippen LogP contribution in [-0.2, 0) is 28.6 Å². The summed E-state index contributed by atoms with van der Waals surface area (Å²) < 4.78 is 16.7. The highest BCUT2D eigenvalue weighted by Gasteiger charge is 2.19. The Bertz CT molecular complexity index is 1260. The van der Waals surface area contributed by atoms with Crippen LogP contribution in [0.3, 0.4) is 0 Å². The van der Waals surface area contributed by atoms with E-state index < -0.39 is 6.10 Å². The summed E-state index contributed by atoms with van der Waals surface area (Å²) in [5.74, 6) is -1.01. The van der Waals surface area contributed by atoms with Crippen LogP contribution in [0.4, 0.5) is 0 Å². The SMILES string of the molecule is CC\C=C/C=C\C=C/C=C\C=C/CCCC(=O)OCC(COC(=O)CCCCCCC/C=C\CCCCCCCCC)OC(=O)CCCCCCCC/C=C\C=C/CCCCC. The molecule has 0 aliphatic heterocycles. The molecule has 0 spiro atoms. The van der Waals surface area contributed by atoms with Crippen molar-refractivity contribution in [3.8, 4) is 0 Å². The Hall–Kier alpha value is -3.67. The molecule has 0 aliphatic carbocycles. The number of esters is 3. The van der Waals surface area contributed by atoms with Crippen molar-refractivity contribution in [2.45, 2.75) is 226 Å². The van der Waals surface area contributed by atoms with E-state index in [0.717, 1.165) is 83.5 Å². The number of carbonyl (C=O) groups excluding carboxylic acids is 3. The van der Waals surface area contributed by atoms with Gasteiger partial charge < -0.3 is 14.2 Å². The second-order valence-electron chi connectivity index (χ2n) is 16.5. The fourth-order valence-corrected chi connectivity index (χ4v) is 6.63. The van der Waals surface area contributed by atoms with Gasteiger partial charge in [0.1, 0.15) is 13.2 Å². The average molecular weight is 861 g/mol. The van der Waals surface area contributed by atoms with Crippen LogP contribution in [0.5, 0.6) is 0 Å². The highest BCUT2D eigenvalue weighted by Crippen LogP contribution is 2.13. The van der Waals surface area contributed by atoms with Crippen LogP contribution < -0.4 is 0 Å². The van der Waals surface area contributed by atoms with Gasteiger partial charge in [-0.05, 0) is 83.5 Å². The molecule has 1 atom stereocenters. The number of ether oxygens (including phenoxy) is 3. The molecular formula is C56H92O6. The molecule has 0 saturated heterocycles. The molecule has 0 saturated carbocycles. The maximum atomic E-state index is 12.8. The van der Waals surface area contributed by atoms with Crippen molar-refractivity contribution in [2.75, 3.05) is 13.2 Å². The molecule has 62 heavy (non-hydrogen) atoms. The first-order valence-electron chi connectivity index (χ1n) is 25.3. The summed E-state index contributed by atoms with van der Waals surface area (Å²) in [5.41, 5.74) is 0. The molecule has 0 fully saturated rings. The molecule has 0 aliphatic rings. The largest absolute Gasteiger partial charge is 0.462 e. The fraction of sp³-hybridized carbons (Fsp3) is 0.661. The van der Waals surface area contributed by atoms with Crippen LogP contribution in [0.1, 0.15) is 220 Å². The molecule has 6 nitrogen and oxygen atoms in total. The first-order chi connectivity index (χ1) is 30.5. The number of allylic oxidation sites excluding steroid dienone is 16. The van der Waals surface area contributed by atoms with Crippen molar-refractivity contribution in [3.05, 3.63) is 97.2 Å². The molecule has 352 valence electrons. The average Bonchev–Trinajstić information content (AvgIpc) is 3.27. The fourth-order valence-electron chi connectivity index (χ4n) is 6.63. The van der Waals surface area contributed by atoms with Crippen molar-refractivity contribution >= 4 is 17.9 Å². The van der Waals surface area contributed by atoms with Gasteiger partial charge in [0, 0.05) is 19.3 Å². The molecule has 0 rings (SSSR count). The van der Waals surface area contributed by atoms with Crippen LogP contribution in [-0.4, -0.2) is 37.2 Å². The summed E-state index contributed by atoms with van der Waals surface area (Å²) in [5, 5.41) is 0. The lowest BCUT2D eigenvalue weighted by Crippen LogP contribution is -2.30. The standard InChI is InChI=1S/C56H92O6/c1-4-7-10-13-16-19-22-25-27-29-31-34-37-40-43-46-49-55(58)61-52-53(51-60-54(57)48-45-42-39-36-33-30-24-21-18-15-12-9-6-3)62-56(59)50-47-44-41-38-35-32-28-26-23-20-17-14-11-8-5-2/h9,12,15,17-18,20-21,23-24,26-27,29-30,33,36,39,53H,4-8,10-11,13-14,16,19,22,25,28,31-32,34-35,37-38,40-52H2,1-3H3/b12-9-,18-15-,20-17-,24-21-,26-23-,29-27-,33-30-,39-36-. The second-order valence-corrected chi connectivity index (χ2v) is 16.5. The number of hydrogen-bond acceptors (Lipinski definition) is 6. The molecule has 0 radical (unpaired) electrons. The summed E-state index contributed by atoms with van der Waals surface area (Å²) in [6, 6.07) is 0. The van der Waals surface area contributed by atoms with Crippen LogP contribution >= 0.6 is 0 Å². The van der Waals surface area contributed by atoms with E-state index >= 15 is 0 Å². The number of carbonyl (C=O) groups is 3. The number of rotatable bonds is 44. The number of hydrogen-bond donors (Lipinski definition) is 0. The van der Waals surface area contributed by atoms with Gasteiger partial charge in [-0.2, -0.15) is 0 Å². The Morgan fingerprint density at radius 3 is 1.15 bits per heavy atom. The lowest BCUT2D eigenvalue weighted by atomic mass is 10.1. The minimum absolute atomic E-state index is 0.110. The molecule has 0 aromatic rings. The molecule has 0 bridgehead atoms. The van der Waals surface area contributed by atoms with E-state index in [1.54, 1.807) is 0 Å². The van der Waals surface area contributed by atoms with Gasteiger partial charge in [0.05, 0.1) is 0 Å². The minimum atomic E-state index is -0.816. The summed E-state index contributed by atoms with van der Waals surface area (Å²) >= 11 is 0. The Kier molecular flexibility index (Phi) is 47.0. The molecule has 1 unspecified atom stereocenters. The Morgan fingerprint density at radius 1 is 0.339 bits per heavy atom. The first kappa shape index (κ1) is 58.3. The van der Waals surface area contributed by atoms with E-state index in [-0.39, 0.29) is 37.5 Å². The Morgan fingerprint density at radius 2 is 0.661 bits per heavy atom. The summed E-state index contributed by atoms with van der Waals surface area (Å²) in [6.45, 7) is 6.37. The zero-order valence-corrected chi connectivity index (χ0v) is 40.1. The third-order valence-electron chi connectivity index (χ3n) is 10.4. The van der Waals surface area contributed by atoms with Gasteiger partial charge in [-0.25, -0.2) is 0 Å². The predicted octanol–water partition coefficient (Wildman–Crippen LogP) is 16.6. The monoisotopic (exact) mass is 861 g/mol. The second kappa shape index (κ2) is 50.0. The molecule has 0 N–H and O–H groups in total. The van der Waals surface area contributed by atoms with Gasteiger partial charge in [0.2, 0.25) is 0 Å². The molecule has 0 aromatic heterocycles. The van der Waals surface area contributed by atoms with E-state index in [4.69, 9.17) is 14.2 Å². The Labute approximate surface area is 381 Å². The molecular weight excluding hydrogens is 769 g/mol. The van der Waals surface area contributed by atoms with Gasteiger partial charge in [-0.3, -0.25) is 14.4 Å². The highest BCUT2D eigenvalue weighted by molar-refractivity contribution is 5.71. The molecule has 0 amide bonds. The molecule has 6 heteroatoms. The van der Waals surface area contributed by atoms with E-state index in [1.165, 1.54) is 89.9 Å². The van der Waals surface area contributed by atoms with Crippen LogP contribution in [0, 0.1) is 0 Å². The van der Waals surface area contributed by atoms with Crippen LogP contribution in [0.25, 0.3) is 0 Å². The van der Waals surface area contributed by atoms with Gasteiger partial charge in [0.25, 0.3) is 0 Å². The third kappa shape index (κ3) is 47.4. The highest BCUT2D eigenvalue weighted by atomic mass is 16.6. The minimum Gasteiger partial charge on any atom is -0.462 e. The first-order valence-corrected chi connectivity index (χ1v) is 25.3. The summed E-state index contributed by atoms with van der Waals surface area (Å²) in [6.07, 6.45) is 65.4. The van der Waals surface area contributed by atoms with E-state index in [2.05, 4.69) is 63.3 Å². The van der Waals surface area contributed by atoms with Gasteiger partial charge in [-0.15, -0.1) is 0 Å². The maximum absolute atomic E-state index is 12.8. The zero-order chi connectivity index (χ0) is 45.1. The Balaban J connectivity index is 4.52. The zero-order valence-electron chi connectivity index (χ0n) is 40.1. The summed E-state index contributed by atoms with van der Waals surface area (Å²) in [7, 11) is 0. The predicted molar refractivity (Wildman–Crippen MR) is 265 cm³/mol.